The number of ether oxygens (including phenoxy) is 1. The van der Waals surface area contributed by atoms with E-state index in [1.54, 1.807) is 35.4 Å². The number of benzene rings is 2. The largest absolute Gasteiger partial charge is 0.494 e. The molecule has 8 nitrogen and oxygen atoms in total. The maximum Gasteiger partial charge on any atom is 0.257 e. The zero-order chi connectivity index (χ0) is 24.9. The molecule has 1 fully saturated rings. The molecule has 0 radical (unpaired) electrons. The van der Waals surface area contributed by atoms with Crippen LogP contribution in [0.2, 0.25) is 0 Å². The van der Waals surface area contributed by atoms with Gasteiger partial charge in [0.2, 0.25) is 11.7 Å². The lowest BCUT2D eigenvalue weighted by atomic mass is 9.97. The van der Waals surface area contributed by atoms with Crippen LogP contribution in [0.15, 0.2) is 71.4 Å². The number of hydrogen-bond donors (Lipinski definition) is 1. The van der Waals surface area contributed by atoms with Gasteiger partial charge in [-0.3, -0.25) is 4.79 Å². The second-order valence-electron chi connectivity index (χ2n) is 8.54. The molecule has 0 aliphatic carbocycles. The zero-order valence-corrected chi connectivity index (χ0v) is 19.9. The van der Waals surface area contributed by atoms with Crippen LogP contribution in [0.4, 0.5) is 15.9 Å². The fraction of sp³-hybridized carbons (Fsp3) is 0.259. The minimum Gasteiger partial charge on any atom is -0.494 e. The summed E-state index contributed by atoms with van der Waals surface area (Å²) >= 11 is 0. The maximum atomic E-state index is 13.6. The van der Waals surface area contributed by atoms with Crippen molar-refractivity contribution in [3.05, 3.63) is 84.1 Å². The van der Waals surface area contributed by atoms with E-state index in [0.29, 0.717) is 48.4 Å². The summed E-state index contributed by atoms with van der Waals surface area (Å²) in [6.45, 7) is 3.60. The second-order valence-corrected chi connectivity index (χ2v) is 8.54. The molecular weight excluding hydrogens is 461 g/mol. The molecule has 0 saturated carbocycles. The van der Waals surface area contributed by atoms with Gasteiger partial charge in [0.1, 0.15) is 17.4 Å². The smallest absolute Gasteiger partial charge is 0.257 e. The number of halogens is 1. The van der Waals surface area contributed by atoms with Crippen LogP contribution >= 0.6 is 0 Å². The zero-order valence-electron chi connectivity index (χ0n) is 19.9. The molecule has 184 valence electrons. The van der Waals surface area contributed by atoms with Gasteiger partial charge in [0.15, 0.2) is 0 Å². The summed E-state index contributed by atoms with van der Waals surface area (Å²) in [6, 6.07) is 17.1. The summed E-state index contributed by atoms with van der Waals surface area (Å²) < 4.78 is 24.6. The molecular formula is C27H26FN5O3. The lowest BCUT2D eigenvalue weighted by Crippen LogP contribution is -2.39. The third kappa shape index (κ3) is 5.19. The number of anilines is 2. The number of rotatable bonds is 7. The van der Waals surface area contributed by atoms with Crippen molar-refractivity contribution < 1.29 is 18.4 Å². The Labute approximate surface area is 208 Å². The first-order chi connectivity index (χ1) is 17.6. The Morgan fingerprint density at radius 1 is 1.19 bits per heavy atom. The summed E-state index contributed by atoms with van der Waals surface area (Å²) in [6.07, 6.45) is 3.27. The molecule has 0 spiro atoms. The van der Waals surface area contributed by atoms with Gasteiger partial charge in [-0.2, -0.15) is 4.98 Å². The molecule has 1 unspecified atom stereocenters. The Balaban J connectivity index is 1.30. The molecule has 1 aliphatic heterocycles. The summed E-state index contributed by atoms with van der Waals surface area (Å²) in [5.74, 6) is 1.47. The monoisotopic (exact) mass is 487 g/mol. The molecule has 5 rings (SSSR count). The van der Waals surface area contributed by atoms with Crippen LogP contribution in [-0.4, -0.2) is 45.6 Å². The normalized spacial score (nSPS) is 15.5. The maximum absolute atomic E-state index is 13.6. The minimum atomic E-state index is -0.362. The van der Waals surface area contributed by atoms with Crippen LogP contribution in [-0.2, 0) is 0 Å². The second kappa shape index (κ2) is 10.6. The SMILES string of the molecule is CCOc1ccc(Nc2ncccc2C(=O)N2CCCC(c3nc(-c4cccc(F)c4)no3)C2)cc1. The van der Waals surface area contributed by atoms with Crippen LogP contribution in [0.1, 0.15) is 41.9 Å². The lowest BCUT2D eigenvalue weighted by Gasteiger charge is -2.31. The van der Waals surface area contributed by atoms with E-state index < -0.39 is 0 Å². The van der Waals surface area contributed by atoms with Crippen LogP contribution in [0.3, 0.4) is 0 Å². The van der Waals surface area contributed by atoms with Crippen LogP contribution in [0.5, 0.6) is 5.75 Å². The summed E-state index contributed by atoms with van der Waals surface area (Å²) in [5, 5.41) is 7.27. The lowest BCUT2D eigenvalue weighted by molar-refractivity contribution is 0.0696. The Morgan fingerprint density at radius 3 is 2.86 bits per heavy atom. The number of likely N-dealkylation sites (tertiary alicyclic amines) is 1. The number of amides is 1. The first-order valence-corrected chi connectivity index (χ1v) is 11.9. The number of aromatic nitrogens is 3. The fourth-order valence-corrected chi connectivity index (χ4v) is 4.29. The Kier molecular flexibility index (Phi) is 6.88. The van der Waals surface area contributed by atoms with E-state index in [-0.39, 0.29) is 17.6 Å². The van der Waals surface area contributed by atoms with Gasteiger partial charge in [-0.05, 0) is 68.3 Å². The van der Waals surface area contributed by atoms with E-state index in [0.717, 1.165) is 24.3 Å². The van der Waals surface area contributed by atoms with E-state index >= 15 is 0 Å². The quantitative estimate of drug-likeness (QED) is 0.371. The average Bonchev–Trinajstić information content (AvgIpc) is 3.41. The highest BCUT2D eigenvalue weighted by Gasteiger charge is 2.30. The van der Waals surface area contributed by atoms with Gasteiger partial charge in [0, 0.05) is 30.5 Å². The fourth-order valence-electron chi connectivity index (χ4n) is 4.29. The van der Waals surface area contributed by atoms with Crippen molar-refractivity contribution in [2.45, 2.75) is 25.7 Å². The van der Waals surface area contributed by atoms with E-state index in [1.807, 2.05) is 31.2 Å². The van der Waals surface area contributed by atoms with Crippen molar-refractivity contribution >= 4 is 17.4 Å². The third-order valence-electron chi connectivity index (χ3n) is 6.05. The van der Waals surface area contributed by atoms with Gasteiger partial charge in [-0.1, -0.05) is 17.3 Å². The molecule has 1 aliphatic rings. The van der Waals surface area contributed by atoms with Crippen LogP contribution < -0.4 is 10.1 Å². The molecule has 2 aromatic heterocycles. The Hall–Kier alpha value is -4.27. The Morgan fingerprint density at radius 2 is 2.06 bits per heavy atom. The van der Waals surface area contributed by atoms with Crippen molar-refractivity contribution in [2.24, 2.45) is 0 Å². The summed E-state index contributed by atoms with van der Waals surface area (Å²) in [7, 11) is 0. The molecule has 1 N–H and O–H groups in total. The van der Waals surface area contributed by atoms with Gasteiger partial charge in [-0.15, -0.1) is 0 Å². The topological polar surface area (TPSA) is 93.4 Å². The Bertz CT molecular complexity index is 1340. The molecule has 1 saturated heterocycles. The number of carbonyl (C=O) groups is 1. The highest BCUT2D eigenvalue weighted by atomic mass is 19.1. The molecule has 1 atom stereocenters. The molecule has 4 aromatic rings. The molecule has 9 heteroatoms. The molecule has 3 heterocycles. The van der Waals surface area contributed by atoms with Crippen molar-refractivity contribution in [3.8, 4) is 17.1 Å². The van der Waals surface area contributed by atoms with Gasteiger partial charge in [-0.25, -0.2) is 9.37 Å². The van der Waals surface area contributed by atoms with Crippen molar-refractivity contribution in [1.82, 2.24) is 20.0 Å². The van der Waals surface area contributed by atoms with E-state index in [2.05, 4.69) is 20.4 Å². The predicted molar refractivity (Wildman–Crippen MR) is 133 cm³/mol. The average molecular weight is 488 g/mol. The molecule has 36 heavy (non-hydrogen) atoms. The van der Waals surface area contributed by atoms with Crippen molar-refractivity contribution in [1.29, 1.82) is 0 Å². The van der Waals surface area contributed by atoms with Crippen LogP contribution in [0.25, 0.3) is 11.4 Å². The van der Waals surface area contributed by atoms with Gasteiger partial charge in [0.05, 0.1) is 18.1 Å². The number of carbonyl (C=O) groups excluding carboxylic acids is 1. The first-order valence-electron chi connectivity index (χ1n) is 11.9. The summed E-state index contributed by atoms with van der Waals surface area (Å²) in [4.78, 5) is 24.2. The highest BCUT2D eigenvalue weighted by Crippen LogP contribution is 2.30. The van der Waals surface area contributed by atoms with Crippen molar-refractivity contribution in [3.63, 3.8) is 0 Å². The van der Waals surface area contributed by atoms with E-state index in [4.69, 9.17) is 9.26 Å². The summed E-state index contributed by atoms with van der Waals surface area (Å²) in [5.41, 5.74) is 1.84. The highest BCUT2D eigenvalue weighted by molar-refractivity contribution is 5.99. The van der Waals surface area contributed by atoms with Gasteiger partial charge < -0.3 is 19.5 Å². The molecule has 2 aromatic carbocycles. The molecule has 0 bridgehead atoms. The number of nitrogens with zero attached hydrogens (tertiary/aromatic N) is 4. The first kappa shape index (κ1) is 23.5. The predicted octanol–water partition coefficient (Wildman–Crippen LogP) is 5.43. The van der Waals surface area contributed by atoms with Crippen LogP contribution in [0, 0.1) is 5.82 Å². The number of piperidine rings is 1. The van der Waals surface area contributed by atoms with Gasteiger partial charge in [0.25, 0.3) is 5.91 Å². The number of nitrogens with one attached hydrogen (secondary N) is 1. The van der Waals surface area contributed by atoms with E-state index in [1.165, 1.54) is 12.1 Å². The van der Waals surface area contributed by atoms with Gasteiger partial charge >= 0.3 is 0 Å². The van der Waals surface area contributed by atoms with Crippen molar-refractivity contribution in [2.75, 3.05) is 25.0 Å². The third-order valence-corrected chi connectivity index (χ3v) is 6.05. The number of hydrogen-bond acceptors (Lipinski definition) is 7. The standard InChI is InChI=1S/C27H26FN5O3/c1-2-35-22-12-10-21(11-13-22)30-25-23(9-4-14-29-25)27(34)33-15-5-7-19(17-33)26-31-24(32-36-26)18-6-3-8-20(28)16-18/h3-4,6,8-14,16,19H,2,5,7,15,17H2,1H3,(H,29,30). The molecule has 1 amide bonds. The number of pyridine rings is 1. The van der Waals surface area contributed by atoms with E-state index in [9.17, 15) is 9.18 Å². The minimum absolute atomic E-state index is 0.100.